The summed E-state index contributed by atoms with van der Waals surface area (Å²) in [6, 6.07) is 0.556. The van der Waals surface area contributed by atoms with Crippen molar-refractivity contribution < 1.29 is 23.0 Å². The molecule has 2 aliphatic carbocycles. The molecule has 0 bridgehead atoms. The second-order valence-electron chi connectivity index (χ2n) is 8.63. The van der Waals surface area contributed by atoms with E-state index in [1.807, 2.05) is 0 Å². The van der Waals surface area contributed by atoms with Crippen LogP contribution in [-0.4, -0.2) is 65.1 Å². The molecule has 2 N–H and O–H groups in total. The summed E-state index contributed by atoms with van der Waals surface area (Å²) < 4.78 is 39.9. The highest BCUT2D eigenvalue weighted by Crippen LogP contribution is 2.46. The van der Waals surface area contributed by atoms with E-state index in [4.69, 9.17) is 15.2 Å². The lowest BCUT2D eigenvalue weighted by Gasteiger charge is -2.38. The Morgan fingerprint density at radius 3 is 2.72 bits per heavy atom. The summed E-state index contributed by atoms with van der Waals surface area (Å²) >= 11 is 1.46. The fourth-order valence-electron chi connectivity index (χ4n) is 4.96. The van der Waals surface area contributed by atoms with Crippen LogP contribution >= 0.6 is 11.3 Å². The number of morpholine rings is 1. The summed E-state index contributed by atoms with van der Waals surface area (Å²) in [5.41, 5.74) is 5.99. The highest BCUT2D eigenvalue weighted by Gasteiger charge is 2.40. The van der Waals surface area contributed by atoms with Crippen molar-refractivity contribution >= 4 is 33.0 Å². The molecule has 10 heteroatoms. The van der Waals surface area contributed by atoms with E-state index in [0.29, 0.717) is 34.9 Å². The largest absolute Gasteiger partial charge is 0.474 e. The van der Waals surface area contributed by atoms with Gasteiger partial charge in [0.1, 0.15) is 17.3 Å². The normalized spacial score (nSPS) is 24.4. The Kier molecular flexibility index (Phi) is 5.85. The van der Waals surface area contributed by atoms with Crippen molar-refractivity contribution in [1.82, 2.24) is 14.9 Å². The minimum atomic E-state index is -3.60. The molecule has 5 rings (SSSR count). The molecule has 1 saturated carbocycles. The molecule has 0 atom stereocenters. The maximum Gasteiger partial charge on any atom is 0.328 e. The molecule has 32 heavy (non-hydrogen) atoms. The number of allylic oxidation sites excluding steroid dienone is 2. The molecule has 0 aromatic carbocycles. The predicted octanol–water partition coefficient (Wildman–Crippen LogP) is 3.16. The van der Waals surface area contributed by atoms with Gasteiger partial charge in [-0.2, -0.15) is 8.78 Å². The molecular weight excluding hydrogens is 438 g/mol. The molecule has 2 aromatic rings. The Hall–Kier alpha value is -2.17. The smallest absolute Gasteiger partial charge is 0.328 e. The van der Waals surface area contributed by atoms with Gasteiger partial charge < -0.3 is 15.2 Å². The standard InChI is InChI=1S/C22H26F2N4O3S/c23-22(24,21(25)29)11-13-1-6-16-17(13)18-19(26-12-27-20(18)32-16)31-15-4-2-14(3-5-15)28-7-9-30-10-8-28/h1,12,14-15H,2-11H2,(H2,25,29). The van der Waals surface area contributed by atoms with Crippen LogP contribution < -0.4 is 10.5 Å². The Morgan fingerprint density at radius 2 is 2.00 bits per heavy atom. The van der Waals surface area contributed by atoms with Crippen LogP contribution in [0.25, 0.3) is 15.8 Å². The van der Waals surface area contributed by atoms with Crippen molar-refractivity contribution in [2.45, 2.75) is 56.6 Å². The number of alkyl halides is 2. The van der Waals surface area contributed by atoms with Crippen LogP contribution in [0.15, 0.2) is 12.4 Å². The predicted molar refractivity (Wildman–Crippen MR) is 117 cm³/mol. The van der Waals surface area contributed by atoms with E-state index in [9.17, 15) is 13.6 Å². The summed E-state index contributed by atoms with van der Waals surface area (Å²) in [5.74, 6) is -4.77. The lowest BCUT2D eigenvalue weighted by atomic mass is 9.91. The van der Waals surface area contributed by atoms with Crippen molar-refractivity contribution in [3.05, 3.63) is 22.8 Å². The molecule has 2 fully saturated rings. The Balaban J connectivity index is 1.34. The van der Waals surface area contributed by atoms with Crippen molar-refractivity contribution in [1.29, 1.82) is 0 Å². The molecular formula is C22H26F2N4O3S. The minimum Gasteiger partial charge on any atom is -0.474 e. The molecule has 1 aliphatic heterocycles. The van der Waals surface area contributed by atoms with Gasteiger partial charge in [-0.15, -0.1) is 11.3 Å². The molecule has 2 aromatic heterocycles. The molecule has 3 heterocycles. The van der Waals surface area contributed by atoms with E-state index in [-0.39, 0.29) is 6.10 Å². The van der Waals surface area contributed by atoms with Gasteiger partial charge in [0.15, 0.2) is 0 Å². The van der Waals surface area contributed by atoms with Crippen LogP contribution in [0.1, 0.15) is 42.5 Å². The Morgan fingerprint density at radius 1 is 1.25 bits per heavy atom. The number of halogens is 2. The SMILES string of the molecule is NC(=O)C(F)(F)CC1=CCc2sc3ncnc(OC4CCC(N5CCOCC5)CC4)c3c21. The van der Waals surface area contributed by atoms with E-state index in [1.54, 1.807) is 6.08 Å². The summed E-state index contributed by atoms with van der Waals surface area (Å²) in [6.07, 6.45) is 6.98. The summed E-state index contributed by atoms with van der Waals surface area (Å²) in [4.78, 5) is 24.0. The van der Waals surface area contributed by atoms with Crippen LogP contribution in [0.4, 0.5) is 8.78 Å². The van der Waals surface area contributed by atoms with Crippen LogP contribution in [0, 0.1) is 0 Å². The molecule has 0 spiro atoms. The van der Waals surface area contributed by atoms with Gasteiger partial charge in [-0.05, 0) is 31.3 Å². The third-order valence-electron chi connectivity index (χ3n) is 6.64. The molecule has 1 saturated heterocycles. The maximum atomic E-state index is 14.1. The van der Waals surface area contributed by atoms with E-state index < -0.39 is 18.3 Å². The number of fused-ring (bicyclic) bond motifs is 3. The number of hydrogen-bond acceptors (Lipinski definition) is 7. The van der Waals surface area contributed by atoms with Gasteiger partial charge in [-0.1, -0.05) is 6.08 Å². The van der Waals surface area contributed by atoms with Gasteiger partial charge in [-0.3, -0.25) is 9.69 Å². The molecule has 7 nitrogen and oxygen atoms in total. The van der Waals surface area contributed by atoms with E-state index in [0.717, 1.165) is 61.7 Å². The number of ether oxygens (including phenoxy) is 2. The summed E-state index contributed by atoms with van der Waals surface area (Å²) in [5, 5.41) is 0.673. The first-order chi connectivity index (χ1) is 15.4. The molecule has 3 aliphatic rings. The number of nitrogens with zero attached hydrogens (tertiary/aromatic N) is 3. The Bertz CT molecular complexity index is 1040. The first-order valence-corrected chi connectivity index (χ1v) is 11.9. The van der Waals surface area contributed by atoms with E-state index in [1.165, 1.54) is 17.7 Å². The van der Waals surface area contributed by atoms with Crippen molar-refractivity contribution in [2.24, 2.45) is 5.73 Å². The quantitative estimate of drug-likeness (QED) is 0.706. The van der Waals surface area contributed by atoms with Crippen LogP contribution in [0.5, 0.6) is 5.88 Å². The number of aromatic nitrogens is 2. The van der Waals surface area contributed by atoms with Gasteiger partial charge in [0.25, 0.3) is 5.91 Å². The zero-order valence-electron chi connectivity index (χ0n) is 17.7. The van der Waals surface area contributed by atoms with Crippen LogP contribution in [0.2, 0.25) is 0 Å². The number of carbonyl (C=O) groups is 1. The zero-order valence-corrected chi connectivity index (χ0v) is 18.5. The summed E-state index contributed by atoms with van der Waals surface area (Å²) in [7, 11) is 0. The third kappa shape index (κ3) is 4.11. The number of thiophene rings is 1. The lowest BCUT2D eigenvalue weighted by molar-refractivity contribution is -0.141. The third-order valence-corrected chi connectivity index (χ3v) is 7.76. The van der Waals surface area contributed by atoms with E-state index >= 15 is 0 Å². The molecule has 172 valence electrons. The lowest BCUT2D eigenvalue weighted by Crippen LogP contribution is -2.46. The fraction of sp³-hybridized carbons (Fsp3) is 0.591. The fourth-order valence-corrected chi connectivity index (χ4v) is 6.09. The van der Waals surface area contributed by atoms with Crippen molar-refractivity contribution in [2.75, 3.05) is 26.3 Å². The topological polar surface area (TPSA) is 90.6 Å². The second-order valence-corrected chi connectivity index (χ2v) is 9.72. The average molecular weight is 465 g/mol. The molecule has 1 amide bonds. The van der Waals surface area contributed by atoms with Gasteiger partial charge >= 0.3 is 5.92 Å². The molecule has 0 unspecified atom stereocenters. The number of primary amides is 1. The van der Waals surface area contributed by atoms with Gasteiger partial charge in [0, 0.05) is 42.4 Å². The average Bonchev–Trinajstić information content (AvgIpc) is 3.35. The molecule has 0 radical (unpaired) electrons. The number of hydrogen-bond donors (Lipinski definition) is 1. The van der Waals surface area contributed by atoms with Crippen molar-refractivity contribution in [3.8, 4) is 5.88 Å². The zero-order chi connectivity index (χ0) is 22.3. The van der Waals surface area contributed by atoms with Crippen LogP contribution in [0.3, 0.4) is 0 Å². The highest BCUT2D eigenvalue weighted by atomic mass is 32.1. The maximum absolute atomic E-state index is 14.1. The number of nitrogens with two attached hydrogens (primary N) is 1. The first kappa shape index (κ1) is 21.7. The number of amides is 1. The van der Waals surface area contributed by atoms with E-state index in [2.05, 4.69) is 14.9 Å². The second kappa shape index (κ2) is 8.64. The van der Waals surface area contributed by atoms with Gasteiger partial charge in [0.05, 0.1) is 18.6 Å². The monoisotopic (exact) mass is 464 g/mol. The van der Waals surface area contributed by atoms with Gasteiger partial charge in [-0.25, -0.2) is 9.97 Å². The van der Waals surface area contributed by atoms with Crippen LogP contribution in [-0.2, 0) is 16.0 Å². The number of carbonyl (C=O) groups excluding carboxylic acids is 1. The Labute approximate surface area is 188 Å². The van der Waals surface area contributed by atoms with Gasteiger partial charge in [0.2, 0.25) is 5.88 Å². The highest BCUT2D eigenvalue weighted by molar-refractivity contribution is 7.19. The first-order valence-electron chi connectivity index (χ1n) is 11.0. The summed E-state index contributed by atoms with van der Waals surface area (Å²) in [6.45, 7) is 3.55. The van der Waals surface area contributed by atoms with Crippen molar-refractivity contribution in [3.63, 3.8) is 0 Å². The number of rotatable bonds is 6. The minimum absolute atomic E-state index is 0.0295.